The number of nitrogens with zero attached hydrogens (tertiary/aromatic N) is 4. The van der Waals surface area contributed by atoms with Gasteiger partial charge in [0.05, 0.1) is 19.5 Å². The summed E-state index contributed by atoms with van der Waals surface area (Å²) in [6.45, 7) is -1.08. The average molecular weight is 417 g/mol. The summed E-state index contributed by atoms with van der Waals surface area (Å²) in [6.07, 6.45) is -6.05. The summed E-state index contributed by atoms with van der Waals surface area (Å²) in [7, 11) is 0. The number of carbonyl (C=O) groups is 1. The number of rotatable bonds is 6. The van der Waals surface area contributed by atoms with E-state index in [0.29, 0.717) is 11.2 Å². The van der Waals surface area contributed by atoms with Gasteiger partial charge in [0.1, 0.15) is 48.5 Å². The Morgan fingerprint density at radius 3 is 2.41 bits per heavy atom. The number of aldehydes is 1. The van der Waals surface area contributed by atoms with Crippen LogP contribution in [0.15, 0.2) is 12.7 Å². The smallest absolute Gasteiger partial charge is 0.167 e. The predicted octanol–water partition coefficient (Wildman–Crippen LogP) is -4.72. The van der Waals surface area contributed by atoms with Crippen LogP contribution in [0.2, 0.25) is 0 Å². The minimum Gasteiger partial charge on any atom is -0.394 e. The third-order valence-corrected chi connectivity index (χ3v) is 4.25. The highest BCUT2D eigenvalue weighted by molar-refractivity contribution is 5.81. The van der Waals surface area contributed by atoms with Crippen molar-refractivity contribution in [1.29, 1.82) is 0 Å². The van der Waals surface area contributed by atoms with Crippen LogP contribution >= 0.6 is 0 Å². The van der Waals surface area contributed by atoms with Gasteiger partial charge in [0.2, 0.25) is 0 Å². The van der Waals surface area contributed by atoms with Crippen LogP contribution in [0.3, 0.4) is 0 Å². The second-order valence-electron chi connectivity index (χ2n) is 6.18. The highest BCUT2D eigenvalue weighted by Gasteiger charge is 2.43. The number of aliphatic hydroxyl groups is 7. The molecule has 0 unspecified atom stereocenters. The number of aliphatic hydroxyl groups excluding tert-OH is 7. The topological polar surface area (TPSA) is 238 Å². The number of carbonyl (C=O) groups excluding carboxylic acids is 1. The van der Waals surface area contributed by atoms with Gasteiger partial charge in [0, 0.05) is 0 Å². The number of hydrogen-bond donors (Lipinski definition) is 8. The molecule has 0 radical (unpaired) electrons. The van der Waals surface area contributed by atoms with E-state index in [9.17, 15) is 15.0 Å². The number of anilines is 1. The molecule has 29 heavy (non-hydrogen) atoms. The first-order valence-corrected chi connectivity index (χ1v) is 8.42. The maximum absolute atomic E-state index is 9.95. The van der Waals surface area contributed by atoms with E-state index in [-0.39, 0.29) is 12.1 Å². The normalized spacial score (nSPS) is 27.1. The van der Waals surface area contributed by atoms with E-state index in [1.165, 1.54) is 17.2 Å². The van der Waals surface area contributed by atoms with Gasteiger partial charge < -0.3 is 51.0 Å². The lowest BCUT2D eigenvalue weighted by Gasteiger charge is -2.16. The first-order chi connectivity index (χ1) is 13.8. The molecule has 3 rings (SSSR count). The van der Waals surface area contributed by atoms with E-state index in [0.717, 1.165) is 0 Å². The van der Waals surface area contributed by atoms with Gasteiger partial charge in [0.25, 0.3) is 0 Å². The Bertz CT molecular complexity index is 806. The van der Waals surface area contributed by atoms with Gasteiger partial charge in [-0.2, -0.15) is 0 Å². The quantitative estimate of drug-likeness (QED) is 0.206. The molecule has 7 atom stereocenters. The molecule has 14 heteroatoms. The molecule has 2 aromatic rings. The Labute approximate surface area is 163 Å². The second kappa shape index (κ2) is 9.95. The first-order valence-electron chi connectivity index (χ1n) is 8.42. The predicted molar refractivity (Wildman–Crippen MR) is 93.9 cm³/mol. The zero-order valence-electron chi connectivity index (χ0n) is 15.0. The number of fused-ring (bicyclic) bond motifs is 1. The molecule has 3 heterocycles. The van der Waals surface area contributed by atoms with Crippen molar-refractivity contribution in [1.82, 2.24) is 19.5 Å². The average Bonchev–Trinajstić information content (AvgIpc) is 3.28. The number of aromatic nitrogens is 4. The molecular weight excluding hydrogens is 394 g/mol. The molecular formula is C15H23N5O9. The molecule has 0 bridgehead atoms. The summed E-state index contributed by atoms with van der Waals surface area (Å²) in [4.78, 5) is 21.7. The van der Waals surface area contributed by atoms with E-state index < -0.39 is 56.1 Å². The molecule has 1 aliphatic heterocycles. The molecule has 2 aromatic heterocycles. The minimum atomic E-state index is -1.64. The molecule has 0 saturated carbocycles. The van der Waals surface area contributed by atoms with Crippen molar-refractivity contribution in [3.63, 3.8) is 0 Å². The number of ether oxygens (including phenoxy) is 1. The number of nitrogen functional groups attached to an aromatic ring is 1. The van der Waals surface area contributed by atoms with Gasteiger partial charge in [-0.3, -0.25) is 4.57 Å². The van der Waals surface area contributed by atoms with Crippen molar-refractivity contribution in [3.05, 3.63) is 12.7 Å². The molecule has 1 fully saturated rings. The molecule has 14 nitrogen and oxygen atoms in total. The summed E-state index contributed by atoms with van der Waals surface area (Å²) in [5.41, 5.74) is 6.44. The molecule has 0 amide bonds. The molecule has 0 aromatic carbocycles. The van der Waals surface area contributed by atoms with Gasteiger partial charge in [-0.25, -0.2) is 15.0 Å². The fourth-order valence-electron chi connectivity index (χ4n) is 2.58. The standard InChI is InChI=1S/C10H13N5O4.C5H10O5/c11-8-5-9(13-2-12-8)15(3-14-5)10-7(18)6(17)4(1-16)19-10;6-1-3(8)5(10)4(9)2-7/h2-4,6-7,10,16-18H,1H2,(H2,11,12,13);1,3-5,7-10H,2H2/t4-,6-,7-,10-;3-,4+,5+/m10/s1. The maximum Gasteiger partial charge on any atom is 0.167 e. The first kappa shape index (κ1) is 23.0. The van der Waals surface area contributed by atoms with Gasteiger partial charge in [-0.05, 0) is 0 Å². The third-order valence-electron chi connectivity index (χ3n) is 4.25. The van der Waals surface area contributed by atoms with Gasteiger partial charge >= 0.3 is 0 Å². The Hall–Kier alpha value is -2.30. The molecule has 9 N–H and O–H groups in total. The molecule has 162 valence electrons. The van der Waals surface area contributed by atoms with E-state index >= 15 is 0 Å². The maximum atomic E-state index is 9.95. The van der Waals surface area contributed by atoms with Crippen LogP contribution in [0, 0.1) is 0 Å². The summed E-state index contributed by atoms with van der Waals surface area (Å²) in [5.74, 6) is 0.218. The lowest BCUT2D eigenvalue weighted by atomic mass is 10.1. The van der Waals surface area contributed by atoms with Crippen molar-refractivity contribution >= 4 is 23.3 Å². The van der Waals surface area contributed by atoms with E-state index in [2.05, 4.69) is 15.0 Å². The number of imidazole rings is 1. The molecule has 0 aliphatic carbocycles. The van der Waals surface area contributed by atoms with E-state index in [1.807, 2.05) is 0 Å². The van der Waals surface area contributed by atoms with Gasteiger partial charge in [-0.15, -0.1) is 0 Å². The monoisotopic (exact) mass is 417 g/mol. The summed E-state index contributed by atoms with van der Waals surface area (Å²) >= 11 is 0. The summed E-state index contributed by atoms with van der Waals surface area (Å²) < 4.78 is 6.85. The van der Waals surface area contributed by atoms with Crippen LogP contribution < -0.4 is 5.73 Å². The van der Waals surface area contributed by atoms with Crippen LogP contribution in [0.25, 0.3) is 11.2 Å². The lowest BCUT2D eigenvalue weighted by molar-refractivity contribution is -0.127. The van der Waals surface area contributed by atoms with Crippen LogP contribution in [-0.2, 0) is 9.53 Å². The molecule has 1 saturated heterocycles. The van der Waals surface area contributed by atoms with Crippen molar-refractivity contribution in [2.45, 2.75) is 42.9 Å². The van der Waals surface area contributed by atoms with E-state index in [1.54, 1.807) is 0 Å². The Morgan fingerprint density at radius 2 is 1.86 bits per heavy atom. The molecule has 0 spiro atoms. The number of hydrogen-bond acceptors (Lipinski definition) is 13. The third kappa shape index (κ3) is 4.82. The highest BCUT2D eigenvalue weighted by atomic mass is 16.6. The van der Waals surface area contributed by atoms with Gasteiger partial charge in [0.15, 0.2) is 24.0 Å². The largest absolute Gasteiger partial charge is 0.394 e. The fraction of sp³-hybridized carbons (Fsp3) is 0.600. The van der Waals surface area contributed by atoms with Crippen LogP contribution in [-0.4, -0.2) is 111 Å². The van der Waals surface area contributed by atoms with Crippen molar-refractivity contribution < 1.29 is 45.3 Å². The van der Waals surface area contributed by atoms with Crippen LogP contribution in [0.1, 0.15) is 6.23 Å². The van der Waals surface area contributed by atoms with Crippen molar-refractivity contribution in [3.8, 4) is 0 Å². The molecule has 1 aliphatic rings. The lowest BCUT2D eigenvalue weighted by Crippen LogP contribution is -2.40. The zero-order chi connectivity index (χ0) is 21.7. The number of nitrogens with two attached hydrogens (primary N) is 1. The minimum absolute atomic E-state index is 0.0869. The Balaban J connectivity index is 0.000000257. The van der Waals surface area contributed by atoms with Crippen LogP contribution in [0.5, 0.6) is 0 Å². The second-order valence-corrected chi connectivity index (χ2v) is 6.18. The van der Waals surface area contributed by atoms with Crippen molar-refractivity contribution in [2.24, 2.45) is 0 Å². The Morgan fingerprint density at radius 1 is 1.17 bits per heavy atom. The van der Waals surface area contributed by atoms with Gasteiger partial charge in [-0.1, -0.05) is 0 Å². The Kier molecular flexibility index (Phi) is 7.88. The van der Waals surface area contributed by atoms with Crippen LogP contribution in [0.4, 0.5) is 5.82 Å². The van der Waals surface area contributed by atoms with Crippen molar-refractivity contribution in [2.75, 3.05) is 18.9 Å². The zero-order valence-corrected chi connectivity index (χ0v) is 15.0. The summed E-state index contributed by atoms with van der Waals surface area (Å²) in [6, 6.07) is 0. The van der Waals surface area contributed by atoms with E-state index in [4.69, 9.17) is 36.0 Å². The fourth-order valence-corrected chi connectivity index (χ4v) is 2.58. The highest BCUT2D eigenvalue weighted by Crippen LogP contribution is 2.31. The SMILES string of the molecule is Nc1ncnc2c1ncn2[C@@H]1O[C@H](CO)[C@@H](O)[C@H]1O.O=C[C@H](O)[C@@H](O)[C@H](O)CO. The summed E-state index contributed by atoms with van der Waals surface area (Å²) in [5, 5.41) is 62.8.